The largest absolute Gasteiger partial charge is 0.353 e. The van der Waals surface area contributed by atoms with Crippen molar-refractivity contribution in [1.29, 1.82) is 0 Å². The average molecular weight is 357 g/mol. The van der Waals surface area contributed by atoms with Crippen molar-refractivity contribution in [3.05, 3.63) is 54.4 Å². The Bertz CT molecular complexity index is 760. The van der Waals surface area contributed by atoms with Crippen LogP contribution in [0.15, 0.2) is 53.7 Å². The molecule has 0 unspecified atom stereocenters. The SMILES string of the molecule is O=C(NCC(F)F)c1ccc(S(=O)(=O)NCCn2cccc2)cc1. The second-order valence-electron chi connectivity index (χ2n) is 4.94. The topological polar surface area (TPSA) is 80.2 Å². The van der Waals surface area contributed by atoms with Gasteiger partial charge in [-0.25, -0.2) is 21.9 Å². The maximum Gasteiger partial charge on any atom is 0.255 e. The fourth-order valence-corrected chi connectivity index (χ4v) is 2.99. The molecule has 0 aliphatic carbocycles. The van der Waals surface area contributed by atoms with Gasteiger partial charge in [0.1, 0.15) is 0 Å². The van der Waals surface area contributed by atoms with E-state index in [1.807, 2.05) is 34.4 Å². The molecular formula is C15H17F2N3O3S. The number of nitrogens with one attached hydrogen (secondary N) is 2. The zero-order valence-corrected chi connectivity index (χ0v) is 13.5. The summed E-state index contributed by atoms with van der Waals surface area (Å²) in [7, 11) is -3.70. The summed E-state index contributed by atoms with van der Waals surface area (Å²) in [6.07, 6.45) is 1.00. The van der Waals surface area contributed by atoms with Gasteiger partial charge in [-0.05, 0) is 36.4 Å². The van der Waals surface area contributed by atoms with Gasteiger partial charge in [0.15, 0.2) is 0 Å². The van der Waals surface area contributed by atoms with Crippen LogP contribution in [0.25, 0.3) is 0 Å². The van der Waals surface area contributed by atoms with E-state index in [-0.39, 0.29) is 17.0 Å². The summed E-state index contributed by atoms with van der Waals surface area (Å²) in [5.74, 6) is -0.681. The van der Waals surface area contributed by atoms with Gasteiger partial charge in [-0.1, -0.05) is 0 Å². The van der Waals surface area contributed by atoms with Crippen LogP contribution in [0.4, 0.5) is 8.78 Å². The molecule has 1 amide bonds. The number of hydrogen-bond acceptors (Lipinski definition) is 3. The number of amides is 1. The predicted octanol–water partition coefficient (Wildman–Crippen LogP) is 1.46. The smallest absolute Gasteiger partial charge is 0.255 e. The predicted molar refractivity (Wildman–Crippen MR) is 84.4 cm³/mol. The zero-order valence-electron chi connectivity index (χ0n) is 12.7. The molecule has 2 N–H and O–H groups in total. The van der Waals surface area contributed by atoms with Crippen molar-refractivity contribution >= 4 is 15.9 Å². The summed E-state index contributed by atoms with van der Waals surface area (Å²) in [4.78, 5) is 11.6. The Morgan fingerprint density at radius 2 is 1.75 bits per heavy atom. The van der Waals surface area contributed by atoms with Gasteiger partial charge in [-0.2, -0.15) is 0 Å². The third-order valence-corrected chi connectivity index (χ3v) is 4.65. The lowest BCUT2D eigenvalue weighted by molar-refractivity contribution is 0.0891. The van der Waals surface area contributed by atoms with Gasteiger partial charge >= 0.3 is 0 Å². The Morgan fingerprint density at radius 1 is 1.12 bits per heavy atom. The Hall–Kier alpha value is -2.26. The van der Waals surface area contributed by atoms with Crippen LogP contribution in [-0.4, -0.2) is 38.4 Å². The van der Waals surface area contributed by atoms with Crippen LogP contribution in [0.3, 0.4) is 0 Å². The monoisotopic (exact) mass is 357 g/mol. The van der Waals surface area contributed by atoms with E-state index in [0.29, 0.717) is 6.54 Å². The molecule has 0 saturated carbocycles. The number of carbonyl (C=O) groups is 1. The molecule has 24 heavy (non-hydrogen) atoms. The molecule has 0 aliphatic rings. The molecular weight excluding hydrogens is 340 g/mol. The van der Waals surface area contributed by atoms with Crippen molar-refractivity contribution in [2.45, 2.75) is 17.9 Å². The molecule has 1 heterocycles. The molecule has 6 nitrogen and oxygen atoms in total. The van der Waals surface area contributed by atoms with Crippen molar-refractivity contribution in [2.24, 2.45) is 0 Å². The molecule has 0 spiro atoms. The quantitative estimate of drug-likeness (QED) is 0.751. The third-order valence-electron chi connectivity index (χ3n) is 3.17. The molecule has 0 saturated heterocycles. The van der Waals surface area contributed by atoms with Gasteiger partial charge in [-0.15, -0.1) is 0 Å². The number of rotatable bonds is 8. The van der Waals surface area contributed by atoms with E-state index >= 15 is 0 Å². The number of aromatic nitrogens is 1. The molecule has 2 rings (SSSR count). The highest BCUT2D eigenvalue weighted by Crippen LogP contribution is 2.10. The number of hydrogen-bond donors (Lipinski definition) is 2. The Kier molecular flexibility index (Phi) is 6.04. The molecule has 0 radical (unpaired) electrons. The number of carbonyl (C=O) groups excluding carboxylic acids is 1. The molecule has 1 aromatic heterocycles. The van der Waals surface area contributed by atoms with Gasteiger partial charge in [0.05, 0.1) is 11.4 Å². The first kappa shape index (κ1) is 18.1. The summed E-state index contributed by atoms with van der Waals surface area (Å²) in [6, 6.07) is 8.76. The minimum absolute atomic E-state index is 0.000385. The highest BCUT2D eigenvalue weighted by Gasteiger charge is 2.15. The molecule has 2 aromatic rings. The second kappa shape index (κ2) is 8.02. The lowest BCUT2D eigenvalue weighted by Crippen LogP contribution is -2.29. The maximum atomic E-state index is 12.1. The van der Waals surface area contributed by atoms with Crippen LogP contribution in [0.5, 0.6) is 0 Å². The van der Waals surface area contributed by atoms with E-state index in [4.69, 9.17) is 0 Å². The molecule has 0 fully saturated rings. The average Bonchev–Trinajstić information content (AvgIpc) is 3.06. The molecule has 130 valence electrons. The normalized spacial score (nSPS) is 11.6. The first-order chi connectivity index (χ1) is 11.4. The van der Waals surface area contributed by atoms with Crippen LogP contribution in [0, 0.1) is 0 Å². The van der Waals surface area contributed by atoms with Gasteiger partial charge in [0.25, 0.3) is 12.3 Å². The molecule has 1 aromatic carbocycles. The minimum Gasteiger partial charge on any atom is -0.353 e. The Morgan fingerprint density at radius 3 is 2.33 bits per heavy atom. The van der Waals surface area contributed by atoms with Gasteiger partial charge in [0.2, 0.25) is 10.0 Å². The summed E-state index contributed by atoms with van der Waals surface area (Å²) in [6.45, 7) is -0.0478. The Labute approximate surface area is 138 Å². The molecule has 0 bridgehead atoms. The number of halogens is 2. The van der Waals surface area contributed by atoms with Gasteiger partial charge < -0.3 is 9.88 Å². The number of alkyl halides is 2. The molecule has 0 aliphatic heterocycles. The highest BCUT2D eigenvalue weighted by molar-refractivity contribution is 7.89. The van der Waals surface area contributed by atoms with E-state index in [1.165, 1.54) is 24.3 Å². The third kappa shape index (κ3) is 5.14. The zero-order chi connectivity index (χ0) is 17.6. The first-order valence-electron chi connectivity index (χ1n) is 7.15. The fourth-order valence-electron chi connectivity index (χ4n) is 1.97. The van der Waals surface area contributed by atoms with Gasteiger partial charge in [0, 0.05) is 31.0 Å². The lowest BCUT2D eigenvalue weighted by Gasteiger charge is -2.09. The summed E-state index contributed by atoms with van der Waals surface area (Å²) in [5, 5.41) is 2.05. The van der Waals surface area contributed by atoms with Crippen LogP contribution >= 0.6 is 0 Å². The standard InChI is InChI=1S/C15H17F2N3O3S/c16-14(17)11-18-15(21)12-3-5-13(6-4-12)24(22,23)19-7-10-20-8-1-2-9-20/h1-6,8-9,14,19H,7,10-11H2,(H,18,21). The number of nitrogens with zero attached hydrogens (tertiary/aromatic N) is 1. The lowest BCUT2D eigenvalue weighted by atomic mass is 10.2. The summed E-state index contributed by atoms with van der Waals surface area (Å²) in [5.41, 5.74) is 0.113. The number of sulfonamides is 1. The summed E-state index contributed by atoms with van der Waals surface area (Å²) >= 11 is 0. The van der Waals surface area contributed by atoms with Crippen molar-refractivity contribution in [3.8, 4) is 0 Å². The van der Waals surface area contributed by atoms with Crippen LogP contribution in [0.1, 0.15) is 10.4 Å². The van der Waals surface area contributed by atoms with E-state index < -0.39 is 28.9 Å². The van der Waals surface area contributed by atoms with Crippen molar-refractivity contribution in [3.63, 3.8) is 0 Å². The number of benzene rings is 1. The second-order valence-corrected chi connectivity index (χ2v) is 6.71. The fraction of sp³-hybridized carbons (Fsp3) is 0.267. The van der Waals surface area contributed by atoms with E-state index in [0.717, 1.165) is 0 Å². The maximum absolute atomic E-state index is 12.1. The molecule has 9 heteroatoms. The van der Waals surface area contributed by atoms with E-state index in [2.05, 4.69) is 4.72 Å². The molecule has 0 atom stereocenters. The van der Waals surface area contributed by atoms with Crippen LogP contribution in [-0.2, 0) is 16.6 Å². The minimum atomic E-state index is -3.70. The van der Waals surface area contributed by atoms with E-state index in [1.54, 1.807) is 0 Å². The van der Waals surface area contributed by atoms with Crippen LogP contribution < -0.4 is 10.0 Å². The van der Waals surface area contributed by atoms with Crippen molar-refractivity contribution in [2.75, 3.05) is 13.1 Å². The van der Waals surface area contributed by atoms with Crippen LogP contribution in [0.2, 0.25) is 0 Å². The summed E-state index contributed by atoms with van der Waals surface area (Å²) < 4.78 is 52.7. The van der Waals surface area contributed by atoms with Crippen molar-refractivity contribution < 1.29 is 22.0 Å². The highest BCUT2D eigenvalue weighted by atomic mass is 32.2. The first-order valence-corrected chi connectivity index (χ1v) is 8.63. The van der Waals surface area contributed by atoms with Crippen molar-refractivity contribution in [1.82, 2.24) is 14.6 Å². The van der Waals surface area contributed by atoms with Gasteiger partial charge in [-0.3, -0.25) is 4.79 Å². The van der Waals surface area contributed by atoms with E-state index in [9.17, 15) is 22.0 Å². The Balaban J connectivity index is 1.94.